The minimum absolute atomic E-state index is 0.160. The Morgan fingerprint density at radius 1 is 1.48 bits per heavy atom. The van der Waals surface area contributed by atoms with Crippen LogP contribution < -0.4 is 11.1 Å². The molecule has 1 aliphatic heterocycles. The molecule has 7 heteroatoms. The quantitative estimate of drug-likeness (QED) is 0.751. The average Bonchev–Trinajstić information content (AvgIpc) is 2.85. The van der Waals surface area contributed by atoms with Crippen molar-refractivity contribution in [2.75, 3.05) is 13.1 Å². The highest BCUT2D eigenvalue weighted by Gasteiger charge is 2.33. The third kappa shape index (κ3) is 4.21. The van der Waals surface area contributed by atoms with Gasteiger partial charge in [0.1, 0.15) is 17.4 Å². The molecule has 0 saturated carbocycles. The molecule has 0 spiro atoms. The fraction of sp³-hybridized carbons (Fsp3) is 0.562. The van der Waals surface area contributed by atoms with Crippen LogP contribution in [0.25, 0.3) is 0 Å². The molecule has 0 radical (unpaired) electrons. The van der Waals surface area contributed by atoms with E-state index < -0.39 is 23.6 Å². The molecule has 0 aromatic rings. The van der Waals surface area contributed by atoms with Gasteiger partial charge in [0.15, 0.2) is 0 Å². The summed E-state index contributed by atoms with van der Waals surface area (Å²) in [6.45, 7) is 6.31. The predicted octanol–water partition coefficient (Wildman–Crippen LogP) is 1.42. The van der Waals surface area contributed by atoms with E-state index >= 15 is 0 Å². The molecule has 0 aromatic carbocycles. The molecule has 2 atom stereocenters. The van der Waals surface area contributed by atoms with Gasteiger partial charge in [-0.15, -0.1) is 0 Å². The van der Waals surface area contributed by atoms with Crippen molar-refractivity contribution in [3.8, 4) is 0 Å². The van der Waals surface area contributed by atoms with Crippen LogP contribution in [-0.4, -0.2) is 47.7 Å². The van der Waals surface area contributed by atoms with E-state index in [0.717, 1.165) is 0 Å². The van der Waals surface area contributed by atoms with Gasteiger partial charge < -0.3 is 20.7 Å². The van der Waals surface area contributed by atoms with Crippen molar-refractivity contribution < 1.29 is 18.7 Å². The highest BCUT2D eigenvalue weighted by Crippen LogP contribution is 2.28. The van der Waals surface area contributed by atoms with Crippen molar-refractivity contribution in [2.24, 2.45) is 5.73 Å². The molecule has 0 aromatic heterocycles. The zero-order chi connectivity index (χ0) is 17.2. The van der Waals surface area contributed by atoms with Gasteiger partial charge in [0.25, 0.3) is 0 Å². The van der Waals surface area contributed by atoms with Crippen molar-refractivity contribution in [1.82, 2.24) is 10.2 Å². The summed E-state index contributed by atoms with van der Waals surface area (Å²) in [5, 5.41) is 2.77. The van der Waals surface area contributed by atoms with Crippen LogP contribution in [0, 0.1) is 0 Å². The molecule has 2 rings (SSSR count). The summed E-state index contributed by atoms with van der Waals surface area (Å²) in [4.78, 5) is 24.4. The highest BCUT2D eigenvalue weighted by molar-refractivity contribution is 5.68. The number of ether oxygens (including phenoxy) is 1. The largest absolute Gasteiger partial charge is 0.444 e. The van der Waals surface area contributed by atoms with Gasteiger partial charge in [-0.25, -0.2) is 14.0 Å². The minimum atomic E-state index is -0.835. The normalized spacial score (nSPS) is 24.7. The lowest BCUT2D eigenvalue weighted by Crippen LogP contribution is -2.42. The fourth-order valence-electron chi connectivity index (χ4n) is 2.66. The van der Waals surface area contributed by atoms with Crippen molar-refractivity contribution in [1.29, 1.82) is 0 Å². The number of hydrogen-bond acceptors (Lipinski definition) is 5. The topological polar surface area (TPSA) is 84.7 Å². The molecule has 0 bridgehead atoms. The Morgan fingerprint density at radius 2 is 2.17 bits per heavy atom. The van der Waals surface area contributed by atoms with E-state index in [1.807, 2.05) is 0 Å². The number of carbonyl (C=O) groups excluding carboxylic acids is 2. The van der Waals surface area contributed by atoms with Gasteiger partial charge in [-0.3, -0.25) is 0 Å². The lowest BCUT2D eigenvalue weighted by atomic mass is 9.99. The maximum atomic E-state index is 14.1. The summed E-state index contributed by atoms with van der Waals surface area (Å²) in [5.41, 5.74) is 5.84. The monoisotopic (exact) mass is 323 g/mol. The molecule has 23 heavy (non-hydrogen) atoms. The maximum absolute atomic E-state index is 14.1. The van der Waals surface area contributed by atoms with Crippen molar-refractivity contribution in [3.63, 3.8) is 0 Å². The van der Waals surface area contributed by atoms with Crippen LogP contribution >= 0.6 is 0 Å². The lowest BCUT2D eigenvalue weighted by molar-refractivity contribution is 0.0506. The second kappa shape index (κ2) is 6.56. The minimum Gasteiger partial charge on any atom is -0.444 e. The molecule has 2 aliphatic rings. The Hall–Kier alpha value is -2.11. The molecule has 1 unspecified atom stereocenters. The molecule has 1 aliphatic carbocycles. The van der Waals surface area contributed by atoms with Crippen LogP contribution in [0.5, 0.6) is 0 Å². The van der Waals surface area contributed by atoms with Crippen LogP contribution in [-0.2, 0) is 9.53 Å². The number of nitrogens with zero attached hydrogens (tertiary/aromatic N) is 1. The first kappa shape index (κ1) is 17.2. The zero-order valence-corrected chi connectivity index (χ0v) is 13.6. The summed E-state index contributed by atoms with van der Waals surface area (Å²) in [6, 6.07) is -0.996. The predicted molar refractivity (Wildman–Crippen MR) is 83.8 cm³/mol. The standard InChI is InChI=1S/C16H22FN3O3/c1-16(2,3)23-15(22)19-11-6-7-20(8-11)14-12(17)5-4-10(9-21)13(14)18/h4-5,11,13H,6-8,18H2,1-3H3,(H,19,22)/t11-,13?/m0/s1. The SMILES string of the molecule is CC(C)(C)OC(=O)N[C@H]1CCN(C2=C(F)C=CC(=C=O)C2N)C1. The van der Waals surface area contributed by atoms with Gasteiger partial charge in [-0.05, 0) is 39.3 Å². The number of allylic oxidation sites excluding steroid dienone is 2. The first-order valence-electron chi connectivity index (χ1n) is 7.54. The first-order valence-corrected chi connectivity index (χ1v) is 7.54. The Balaban J connectivity index is 2.01. The lowest BCUT2D eigenvalue weighted by Gasteiger charge is -2.29. The molecule has 1 amide bonds. The molecule has 1 saturated heterocycles. The number of nitrogens with one attached hydrogen (secondary N) is 1. The summed E-state index contributed by atoms with van der Waals surface area (Å²) in [7, 11) is 0. The van der Waals surface area contributed by atoms with E-state index in [9.17, 15) is 14.0 Å². The molecule has 1 fully saturated rings. The molecular formula is C16H22FN3O3. The van der Waals surface area contributed by atoms with E-state index in [0.29, 0.717) is 19.5 Å². The fourth-order valence-corrected chi connectivity index (χ4v) is 2.66. The van der Waals surface area contributed by atoms with Crippen molar-refractivity contribution >= 4 is 12.0 Å². The van der Waals surface area contributed by atoms with E-state index in [4.69, 9.17) is 10.5 Å². The van der Waals surface area contributed by atoms with E-state index in [1.54, 1.807) is 31.6 Å². The maximum Gasteiger partial charge on any atom is 0.407 e. The highest BCUT2D eigenvalue weighted by atomic mass is 19.1. The molecule has 3 N–H and O–H groups in total. The van der Waals surface area contributed by atoms with E-state index in [2.05, 4.69) is 5.32 Å². The molecule has 6 nitrogen and oxygen atoms in total. The van der Waals surface area contributed by atoms with Crippen molar-refractivity contribution in [2.45, 2.75) is 44.9 Å². The number of hydrogen-bond donors (Lipinski definition) is 2. The van der Waals surface area contributed by atoms with Gasteiger partial charge in [-0.2, -0.15) is 0 Å². The zero-order valence-electron chi connectivity index (χ0n) is 13.6. The van der Waals surface area contributed by atoms with Crippen LogP contribution in [0.1, 0.15) is 27.2 Å². The number of carbonyl (C=O) groups is 1. The summed E-state index contributed by atoms with van der Waals surface area (Å²) in [5.74, 6) is 1.27. The Bertz CT molecular complexity index is 600. The summed E-state index contributed by atoms with van der Waals surface area (Å²) < 4.78 is 19.3. The smallest absolute Gasteiger partial charge is 0.407 e. The van der Waals surface area contributed by atoms with Crippen LogP contribution in [0.15, 0.2) is 29.2 Å². The van der Waals surface area contributed by atoms with Gasteiger partial charge in [0.2, 0.25) is 0 Å². The molecule has 1 heterocycles. The van der Waals surface area contributed by atoms with Crippen LogP contribution in [0.3, 0.4) is 0 Å². The molecule has 126 valence electrons. The van der Waals surface area contributed by atoms with Gasteiger partial charge in [-0.1, -0.05) is 0 Å². The average molecular weight is 323 g/mol. The third-order valence-electron chi connectivity index (χ3n) is 3.65. The van der Waals surface area contributed by atoms with Gasteiger partial charge in [0.05, 0.1) is 23.4 Å². The van der Waals surface area contributed by atoms with Gasteiger partial charge >= 0.3 is 6.09 Å². The third-order valence-corrected chi connectivity index (χ3v) is 3.65. The van der Waals surface area contributed by atoms with Gasteiger partial charge in [0, 0.05) is 13.1 Å². The summed E-state index contributed by atoms with van der Waals surface area (Å²) >= 11 is 0. The number of alkyl carbamates (subject to hydrolysis) is 1. The molecular weight excluding hydrogens is 301 g/mol. The number of rotatable bonds is 2. The van der Waals surface area contributed by atoms with Crippen LogP contribution in [0.2, 0.25) is 0 Å². The number of likely N-dealkylation sites (tertiary alicyclic amines) is 1. The Kier molecular flexibility index (Phi) is 4.92. The number of halogens is 1. The second-order valence-electron chi connectivity index (χ2n) is 6.68. The van der Waals surface area contributed by atoms with Crippen molar-refractivity contribution in [3.05, 3.63) is 29.2 Å². The van der Waals surface area contributed by atoms with Crippen LogP contribution in [0.4, 0.5) is 9.18 Å². The van der Waals surface area contributed by atoms with E-state index in [1.165, 1.54) is 12.2 Å². The number of nitrogens with two attached hydrogens (primary N) is 1. The Morgan fingerprint density at radius 3 is 2.78 bits per heavy atom. The first-order chi connectivity index (χ1) is 10.7. The summed E-state index contributed by atoms with van der Waals surface area (Å²) in [6.07, 6.45) is 2.70. The number of amides is 1. The van der Waals surface area contributed by atoms with E-state index in [-0.39, 0.29) is 17.3 Å². The Labute approximate surface area is 134 Å². The second-order valence-corrected chi connectivity index (χ2v) is 6.68.